The zero-order chi connectivity index (χ0) is 21.0. The molecule has 0 bridgehead atoms. The Balaban J connectivity index is 1.70. The Kier molecular flexibility index (Phi) is 6.23. The summed E-state index contributed by atoms with van der Waals surface area (Å²) in [4.78, 5) is 42.3. The van der Waals surface area contributed by atoms with E-state index in [0.29, 0.717) is 23.6 Å². The van der Waals surface area contributed by atoms with Crippen LogP contribution in [0.25, 0.3) is 0 Å². The molecule has 0 unspecified atom stereocenters. The maximum Gasteiger partial charge on any atom is 0.255 e. The van der Waals surface area contributed by atoms with Gasteiger partial charge in [-0.1, -0.05) is 13.8 Å². The molecule has 0 spiro atoms. The molecule has 2 N–H and O–H groups in total. The number of aromatic nitrogens is 1. The summed E-state index contributed by atoms with van der Waals surface area (Å²) in [5, 5.41) is 5.54. The molecule has 0 fully saturated rings. The van der Waals surface area contributed by atoms with Crippen molar-refractivity contribution in [2.75, 3.05) is 35.8 Å². The third-order valence-electron chi connectivity index (χ3n) is 4.60. The van der Waals surface area contributed by atoms with Crippen molar-refractivity contribution in [3.05, 3.63) is 47.7 Å². The number of benzene rings is 1. The third kappa shape index (κ3) is 4.78. The molecule has 0 aliphatic carbocycles. The quantitative estimate of drug-likeness (QED) is 0.781. The van der Waals surface area contributed by atoms with E-state index in [9.17, 15) is 14.4 Å². The molecule has 29 heavy (non-hydrogen) atoms. The minimum Gasteiger partial charge on any atom is -0.375 e. The molecule has 0 radical (unpaired) electrons. The van der Waals surface area contributed by atoms with Crippen molar-refractivity contribution in [1.29, 1.82) is 0 Å². The summed E-state index contributed by atoms with van der Waals surface area (Å²) in [5.74, 6) is -0.414. The lowest BCUT2D eigenvalue weighted by molar-refractivity contribution is -0.122. The standard InChI is InChI=1S/C21H24N4O4/c1-13(2)20(27)24-18-11-15(6-8-22-18)21(28)23-16-4-5-17-14(10-16)7-9-25(17)19(26)12-29-3/h4-6,8,10-11,13H,7,9,12H2,1-3H3,(H,23,28)(H,22,24,27). The maximum absolute atomic E-state index is 12.6. The SMILES string of the molecule is COCC(=O)N1CCc2cc(NC(=O)c3ccnc(NC(=O)C(C)C)c3)ccc21. The summed E-state index contributed by atoms with van der Waals surface area (Å²) in [6.07, 6.45) is 2.20. The second-order valence-corrected chi connectivity index (χ2v) is 7.10. The number of carbonyl (C=O) groups excluding carboxylic acids is 3. The Morgan fingerprint density at radius 2 is 1.97 bits per heavy atom. The van der Waals surface area contributed by atoms with Crippen molar-refractivity contribution in [1.82, 2.24) is 4.98 Å². The van der Waals surface area contributed by atoms with Gasteiger partial charge in [-0.25, -0.2) is 4.98 Å². The van der Waals surface area contributed by atoms with E-state index in [1.807, 2.05) is 12.1 Å². The van der Waals surface area contributed by atoms with Gasteiger partial charge in [0, 0.05) is 42.7 Å². The number of carbonyl (C=O) groups is 3. The van der Waals surface area contributed by atoms with Crippen LogP contribution in [-0.2, 0) is 20.7 Å². The number of nitrogens with zero attached hydrogens (tertiary/aromatic N) is 2. The van der Waals surface area contributed by atoms with Gasteiger partial charge in [0.2, 0.25) is 5.91 Å². The predicted molar refractivity (Wildman–Crippen MR) is 110 cm³/mol. The molecular weight excluding hydrogens is 372 g/mol. The third-order valence-corrected chi connectivity index (χ3v) is 4.60. The van der Waals surface area contributed by atoms with Crippen molar-refractivity contribution in [3.8, 4) is 0 Å². The predicted octanol–water partition coefficient (Wildman–Crippen LogP) is 2.46. The van der Waals surface area contributed by atoms with Gasteiger partial charge in [0.15, 0.2) is 0 Å². The van der Waals surface area contributed by atoms with Gasteiger partial charge in [0.1, 0.15) is 12.4 Å². The molecule has 1 aromatic carbocycles. The van der Waals surface area contributed by atoms with E-state index in [2.05, 4.69) is 15.6 Å². The summed E-state index contributed by atoms with van der Waals surface area (Å²) >= 11 is 0. The minimum atomic E-state index is -0.308. The van der Waals surface area contributed by atoms with E-state index in [1.54, 1.807) is 30.9 Å². The molecule has 8 heteroatoms. The Hall–Kier alpha value is -3.26. The van der Waals surface area contributed by atoms with Crippen LogP contribution in [0.1, 0.15) is 29.8 Å². The number of hydrogen-bond acceptors (Lipinski definition) is 5. The van der Waals surface area contributed by atoms with Gasteiger partial charge in [-0.15, -0.1) is 0 Å². The molecular formula is C21H24N4O4. The molecule has 152 valence electrons. The highest BCUT2D eigenvalue weighted by molar-refractivity contribution is 6.05. The van der Waals surface area contributed by atoms with Gasteiger partial charge in [0.25, 0.3) is 11.8 Å². The number of amides is 3. The number of hydrogen-bond donors (Lipinski definition) is 2. The molecule has 3 amide bonds. The summed E-state index contributed by atoms with van der Waals surface area (Å²) in [7, 11) is 1.49. The Morgan fingerprint density at radius 3 is 2.69 bits per heavy atom. The summed E-state index contributed by atoms with van der Waals surface area (Å²) in [6, 6.07) is 8.58. The van der Waals surface area contributed by atoms with Gasteiger partial charge < -0.3 is 20.3 Å². The van der Waals surface area contributed by atoms with E-state index in [-0.39, 0.29) is 30.2 Å². The van der Waals surface area contributed by atoms with Crippen LogP contribution in [0.5, 0.6) is 0 Å². The maximum atomic E-state index is 12.6. The largest absolute Gasteiger partial charge is 0.375 e. The lowest BCUT2D eigenvalue weighted by atomic mass is 10.1. The van der Waals surface area contributed by atoms with E-state index in [1.165, 1.54) is 19.4 Å². The second-order valence-electron chi connectivity index (χ2n) is 7.10. The van der Waals surface area contributed by atoms with Crippen molar-refractivity contribution < 1.29 is 19.1 Å². The topological polar surface area (TPSA) is 101 Å². The lowest BCUT2D eigenvalue weighted by Crippen LogP contribution is -2.31. The summed E-state index contributed by atoms with van der Waals surface area (Å²) in [6.45, 7) is 4.20. The summed E-state index contributed by atoms with van der Waals surface area (Å²) < 4.78 is 4.92. The highest BCUT2D eigenvalue weighted by Crippen LogP contribution is 2.30. The van der Waals surface area contributed by atoms with E-state index in [4.69, 9.17) is 4.74 Å². The van der Waals surface area contributed by atoms with Crippen molar-refractivity contribution in [2.24, 2.45) is 5.92 Å². The normalized spacial score (nSPS) is 12.6. The van der Waals surface area contributed by atoms with Crippen LogP contribution in [-0.4, -0.2) is 43.0 Å². The first-order valence-corrected chi connectivity index (χ1v) is 9.39. The molecule has 0 saturated carbocycles. The van der Waals surface area contributed by atoms with Crippen molar-refractivity contribution in [2.45, 2.75) is 20.3 Å². The number of rotatable bonds is 6. The fourth-order valence-electron chi connectivity index (χ4n) is 3.05. The molecule has 1 aliphatic heterocycles. The van der Waals surface area contributed by atoms with Crippen LogP contribution in [0.15, 0.2) is 36.5 Å². The van der Waals surface area contributed by atoms with Crippen LogP contribution in [0.2, 0.25) is 0 Å². The van der Waals surface area contributed by atoms with Gasteiger partial charge in [-0.05, 0) is 42.3 Å². The molecule has 2 aromatic rings. The lowest BCUT2D eigenvalue weighted by Gasteiger charge is -2.17. The number of ether oxygens (including phenoxy) is 1. The molecule has 8 nitrogen and oxygen atoms in total. The number of fused-ring (bicyclic) bond motifs is 1. The van der Waals surface area contributed by atoms with Gasteiger partial charge >= 0.3 is 0 Å². The van der Waals surface area contributed by atoms with Crippen LogP contribution >= 0.6 is 0 Å². The first-order chi connectivity index (χ1) is 13.9. The minimum absolute atomic E-state index is 0.0374. The van der Waals surface area contributed by atoms with Crippen molar-refractivity contribution in [3.63, 3.8) is 0 Å². The average Bonchev–Trinajstić information content (AvgIpc) is 3.11. The Labute approximate surface area is 169 Å². The van der Waals surface area contributed by atoms with Gasteiger partial charge in [0.05, 0.1) is 0 Å². The molecule has 1 aromatic heterocycles. The van der Waals surface area contributed by atoms with Gasteiger partial charge in [-0.3, -0.25) is 14.4 Å². The fourth-order valence-corrected chi connectivity index (χ4v) is 3.05. The van der Waals surface area contributed by atoms with Crippen LogP contribution in [0.3, 0.4) is 0 Å². The highest BCUT2D eigenvalue weighted by Gasteiger charge is 2.24. The van der Waals surface area contributed by atoms with Crippen molar-refractivity contribution >= 4 is 34.9 Å². The molecule has 3 rings (SSSR count). The smallest absolute Gasteiger partial charge is 0.255 e. The zero-order valence-electron chi connectivity index (χ0n) is 16.7. The van der Waals surface area contributed by atoms with Crippen LogP contribution in [0, 0.1) is 5.92 Å². The first-order valence-electron chi connectivity index (χ1n) is 9.39. The second kappa shape index (κ2) is 8.83. The molecule has 0 atom stereocenters. The number of methoxy groups -OCH3 is 1. The van der Waals surface area contributed by atoms with Gasteiger partial charge in [-0.2, -0.15) is 0 Å². The monoisotopic (exact) mass is 396 g/mol. The number of anilines is 3. The highest BCUT2D eigenvalue weighted by atomic mass is 16.5. The van der Waals surface area contributed by atoms with E-state index >= 15 is 0 Å². The average molecular weight is 396 g/mol. The van der Waals surface area contributed by atoms with Crippen LogP contribution in [0.4, 0.5) is 17.2 Å². The zero-order valence-corrected chi connectivity index (χ0v) is 16.7. The Bertz CT molecular complexity index is 942. The Morgan fingerprint density at radius 1 is 1.17 bits per heavy atom. The molecule has 0 saturated heterocycles. The molecule has 1 aliphatic rings. The first kappa shape index (κ1) is 20.5. The molecule has 2 heterocycles. The fraction of sp³-hybridized carbons (Fsp3) is 0.333. The number of nitrogens with one attached hydrogen (secondary N) is 2. The van der Waals surface area contributed by atoms with E-state index < -0.39 is 0 Å². The van der Waals surface area contributed by atoms with Crippen LogP contribution < -0.4 is 15.5 Å². The number of pyridine rings is 1. The van der Waals surface area contributed by atoms with E-state index in [0.717, 1.165) is 17.7 Å². The summed E-state index contributed by atoms with van der Waals surface area (Å²) in [5.41, 5.74) is 2.86.